The van der Waals surface area contributed by atoms with Crippen LogP contribution < -0.4 is 9.04 Å². The summed E-state index contributed by atoms with van der Waals surface area (Å²) in [6.07, 6.45) is -0.187. The minimum atomic E-state index is -3.87. The number of hydrogen-bond acceptors (Lipinski definition) is 5. The van der Waals surface area contributed by atoms with E-state index in [-0.39, 0.29) is 17.3 Å². The van der Waals surface area contributed by atoms with Crippen molar-refractivity contribution in [2.75, 3.05) is 37.0 Å². The van der Waals surface area contributed by atoms with E-state index >= 15 is 0 Å². The lowest BCUT2D eigenvalue weighted by Crippen LogP contribution is -2.56. The summed E-state index contributed by atoms with van der Waals surface area (Å²) in [6.45, 7) is 3.46. The van der Waals surface area contributed by atoms with Crippen LogP contribution in [0.1, 0.15) is 5.56 Å². The average Bonchev–Trinajstić information content (AvgIpc) is 2.78. The molecule has 0 aromatic heterocycles. The topological polar surface area (TPSA) is 87.2 Å². The van der Waals surface area contributed by atoms with Gasteiger partial charge in [0.1, 0.15) is 5.75 Å². The molecule has 2 aromatic rings. The zero-order valence-electron chi connectivity index (χ0n) is 16.6. The number of anilines is 1. The van der Waals surface area contributed by atoms with Crippen molar-refractivity contribution in [1.29, 1.82) is 0 Å². The van der Waals surface area contributed by atoms with Crippen LogP contribution in [0.5, 0.6) is 5.75 Å². The molecular formula is C21H23N3O5S. The van der Waals surface area contributed by atoms with E-state index in [9.17, 15) is 18.0 Å². The molecular weight excluding hydrogens is 406 g/mol. The van der Waals surface area contributed by atoms with Crippen molar-refractivity contribution in [1.82, 2.24) is 9.80 Å². The second-order valence-corrected chi connectivity index (χ2v) is 9.25. The Kier molecular flexibility index (Phi) is 5.38. The Labute approximate surface area is 175 Å². The number of amides is 2. The zero-order chi connectivity index (χ0) is 21.3. The lowest BCUT2D eigenvalue weighted by Gasteiger charge is -2.38. The molecule has 8 nitrogen and oxygen atoms in total. The predicted molar refractivity (Wildman–Crippen MR) is 111 cm³/mol. The molecule has 0 radical (unpaired) electrons. The highest BCUT2D eigenvalue weighted by molar-refractivity contribution is 7.92. The number of aryl methyl sites for hydroxylation is 1. The van der Waals surface area contributed by atoms with Gasteiger partial charge in [0.15, 0.2) is 6.10 Å². The number of piperazine rings is 1. The molecule has 158 valence electrons. The van der Waals surface area contributed by atoms with Crippen LogP contribution >= 0.6 is 0 Å². The van der Waals surface area contributed by atoms with Crippen molar-refractivity contribution in [2.45, 2.75) is 17.9 Å². The number of fused-ring (bicyclic) bond motifs is 1. The number of carbonyl (C=O) groups is 2. The molecule has 2 aliphatic heterocycles. The lowest BCUT2D eigenvalue weighted by atomic mass is 10.2. The van der Waals surface area contributed by atoms with E-state index in [1.165, 1.54) is 4.31 Å². The van der Waals surface area contributed by atoms with Gasteiger partial charge in [0.25, 0.3) is 15.9 Å². The molecule has 0 N–H and O–H groups in total. The first kappa shape index (κ1) is 20.2. The van der Waals surface area contributed by atoms with Gasteiger partial charge < -0.3 is 14.5 Å². The van der Waals surface area contributed by atoms with Crippen LogP contribution in [-0.2, 0) is 19.6 Å². The monoisotopic (exact) mass is 429 g/mol. The van der Waals surface area contributed by atoms with Crippen molar-refractivity contribution < 1.29 is 22.7 Å². The van der Waals surface area contributed by atoms with E-state index in [4.69, 9.17) is 4.74 Å². The van der Waals surface area contributed by atoms with Crippen LogP contribution in [-0.4, -0.2) is 69.4 Å². The molecule has 9 heteroatoms. The van der Waals surface area contributed by atoms with Crippen molar-refractivity contribution >= 4 is 28.0 Å². The van der Waals surface area contributed by atoms with Crippen molar-refractivity contribution in [3.63, 3.8) is 0 Å². The SMILES string of the molecule is Cc1ccc(S(=O)(=O)N2C[C@@H](C(=O)N3CCN(C=O)CC3)Oc3ccccc32)cc1. The van der Waals surface area contributed by atoms with Crippen molar-refractivity contribution in [3.8, 4) is 5.75 Å². The molecule has 1 atom stereocenters. The first-order valence-corrected chi connectivity index (χ1v) is 11.2. The highest BCUT2D eigenvalue weighted by atomic mass is 32.2. The zero-order valence-corrected chi connectivity index (χ0v) is 17.4. The van der Waals surface area contributed by atoms with Gasteiger partial charge in [0, 0.05) is 26.2 Å². The smallest absolute Gasteiger partial charge is 0.265 e. The van der Waals surface area contributed by atoms with Crippen molar-refractivity contribution in [3.05, 3.63) is 54.1 Å². The number of carbonyl (C=O) groups excluding carboxylic acids is 2. The van der Waals surface area contributed by atoms with Gasteiger partial charge in [-0.25, -0.2) is 8.42 Å². The van der Waals surface area contributed by atoms with Crippen LogP contribution in [0, 0.1) is 6.92 Å². The summed E-state index contributed by atoms with van der Waals surface area (Å²) in [5.41, 5.74) is 1.37. The Morgan fingerprint density at radius 2 is 1.70 bits per heavy atom. The number of ether oxygens (including phenoxy) is 1. The predicted octanol–water partition coefficient (Wildman–Crippen LogP) is 1.25. The summed E-state index contributed by atoms with van der Waals surface area (Å²) in [5.74, 6) is 0.0727. The van der Waals surface area contributed by atoms with Gasteiger partial charge in [0.2, 0.25) is 6.41 Å². The summed E-state index contributed by atoms with van der Waals surface area (Å²) in [5, 5.41) is 0. The molecule has 0 aliphatic carbocycles. The fraction of sp³-hybridized carbons (Fsp3) is 0.333. The number of rotatable bonds is 4. The quantitative estimate of drug-likeness (QED) is 0.683. The third kappa shape index (κ3) is 3.72. The first-order valence-electron chi connectivity index (χ1n) is 9.73. The Balaban J connectivity index is 1.63. The van der Waals surface area contributed by atoms with Crippen LogP contribution in [0.4, 0.5) is 5.69 Å². The molecule has 2 amide bonds. The number of nitrogens with zero attached hydrogens (tertiary/aromatic N) is 3. The Bertz CT molecular complexity index is 1050. The third-order valence-electron chi connectivity index (χ3n) is 5.39. The molecule has 4 rings (SSSR count). The summed E-state index contributed by atoms with van der Waals surface area (Å²) in [4.78, 5) is 27.4. The fourth-order valence-electron chi connectivity index (χ4n) is 3.65. The van der Waals surface area contributed by atoms with Crippen LogP contribution in [0.15, 0.2) is 53.4 Å². The highest BCUT2D eigenvalue weighted by Crippen LogP contribution is 2.37. The van der Waals surface area contributed by atoms with Crippen LogP contribution in [0.2, 0.25) is 0 Å². The van der Waals surface area contributed by atoms with E-state index in [2.05, 4.69) is 0 Å². The van der Waals surface area contributed by atoms with Crippen molar-refractivity contribution in [2.24, 2.45) is 0 Å². The molecule has 2 aliphatic rings. The van der Waals surface area contributed by atoms with Gasteiger partial charge in [-0.1, -0.05) is 29.8 Å². The lowest BCUT2D eigenvalue weighted by molar-refractivity contribution is -0.141. The van der Waals surface area contributed by atoms with E-state index < -0.39 is 16.1 Å². The van der Waals surface area contributed by atoms with Gasteiger partial charge in [0.05, 0.1) is 17.1 Å². The molecule has 0 saturated carbocycles. The molecule has 0 unspecified atom stereocenters. The van der Waals surface area contributed by atoms with Crippen LogP contribution in [0.25, 0.3) is 0 Å². The van der Waals surface area contributed by atoms with Crippen LogP contribution in [0.3, 0.4) is 0 Å². The average molecular weight is 429 g/mol. The standard InChI is InChI=1S/C21H23N3O5S/c1-16-6-8-17(9-7-16)30(27,28)24-14-20(29-19-5-3-2-4-18(19)24)21(26)23-12-10-22(15-25)11-13-23/h2-9,15,20H,10-14H2,1H3/t20-/m0/s1. The molecule has 0 spiro atoms. The molecule has 1 fully saturated rings. The van der Waals surface area contributed by atoms with E-state index in [1.807, 2.05) is 6.92 Å². The fourth-order valence-corrected chi connectivity index (χ4v) is 5.12. The van der Waals surface area contributed by atoms with E-state index in [0.29, 0.717) is 37.6 Å². The first-order chi connectivity index (χ1) is 14.4. The second kappa shape index (κ2) is 7.98. The van der Waals surface area contributed by atoms with E-state index in [0.717, 1.165) is 12.0 Å². The third-order valence-corrected chi connectivity index (χ3v) is 7.19. The molecule has 2 aromatic carbocycles. The van der Waals surface area contributed by atoms with Gasteiger partial charge >= 0.3 is 0 Å². The van der Waals surface area contributed by atoms with Gasteiger partial charge in [-0.3, -0.25) is 13.9 Å². The second-order valence-electron chi connectivity index (χ2n) is 7.39. The Hall–Kier alpha value is -3.07. The summed E-state index contributed by atoms with van der Waals surface area (Å²) in [6, 6.07) is 13.4. The number of hydrogen-bond donors (Lipinski definition) is 0. The van der Waals surface area contributed by atoms with E-state index in [1.54, 1.807) is 58.3 Å². The maximum absolute atomic E-state index is 13.4. The Morgan fingerprint density at radius 1 is 1.03 bits per heavy atom. The van der Waals surface area contributed by atoms with Gasteiger partial charge in [-0.2, -0.15) is 0 Å². The Morgan fingerprint density at radius 3 is 2.37 bits per heavy atom. The molecule has 0 bridgehead atoms. The number of sulfonamides is 1. The molecule has 1 saturated heterocycles. The normalized spacial score (nSPS) is 19.1. The van der Waals surface area contributed by atoms with Gasteiger partial charge in [-0.05, 0) is 31.2 Å². The molecule has 2 heterocycles. The molecule has 30 heavy (non-hydrogen) atoms. The summed E-state index contributed by atoms with van der Waals surface area (Å²) in [7, 11) is -3.87. The van der Waals surface area contributed by atoms with Gasteiger partial charge in [-0.15, -0.1) is 0 Å². The minimum Gasteiger partial charge on any atom is -0.476 e. The maximum Gasteiger partial charge on any atom is 0.265 e. The summed E-state index contributed by atoms with van der Waals surface area (Å²) < 4.78 is 33.9. The maximum atomic E-state index is 13.4. The number of benzene rings is 2. The summed E-state index contributed by atoms with van der Waals surface area (Å²) >= 11 is 0. The highest BCUT2D eigenvalue weighted by Gasteiger charge is 2.39. The largest absolute Gasteiger partial charge is 0.476 e. The minimum absolute atomic E-state index is 0.111. The number of para-hydroxylation sites is 2.